The van der Waals surface area contributed by atoms with E-state index in [9.17, 15) is 4.79 Å². The number of aryl methyl sites for hydroxylation is 1. The number of nitrogens with zero attached hydrogens (tertiary/aromatic N) is 5. The van der Waals surface area contributed by atoms with E-state index >= 15 is 0 Å². The summed E-state index contributed by atoms with van der Waals surface area (Å²) >= 11 is 0. The molecule has 8 heteroatoms. The Hall–Kier alpha value is -2.71. The molecule has 0 radical (unpaired) electrons. The summed E-state index contributed by atoms with van der Waals surface area (Å²) in [6, 6.07) is 10.6. The fourth-order valence-corrected chi connectivity index (χ4v) is 7.09. The molecule has 7 nitrogen and oxygen atoms in total. The van der Waals surface area contributed by atoms with E-state index in [0.717, 1.165) is 60.1 Å². The summed E-state index contributed by atoms with van der Waals surface area (Å²) in [4.78, 5) is 22.8. The van der Waals surface area contributed by atoms with E-state index in [4.69, 9.17) is 9.41 Å². The zero-order valence-electron chi connectivity index (χ0n) is 22.8. The SMILES string of the molecule is CC(C)(C)[Si](C)(C)OC1(CCCn2c(Cn3c(=O)n(C4CC4)c4ccncc43)nc3ccccc32)CC1. The molecule has 0 spiro atoms. The van der Waals surface area contributed by atoms with Gasteiger partial charge in [0.05, 0.1) is 40.4 Å². The van der Waals surface area contributed by atoms with Crippen LogP contribution >= 0.6 is 0 Å². The standard InChI is InChI=1S/C29H39N5O2Si/c1-28(2,3)37(4,5)36-29(15-16-29)14-8-18-32-23-10-7-6-9-22(23)31-26(32)20-33-25-19-30-17-13-24(25)34(27(33)35)21-11-12-21/h6-7,9-10,13,17,19,21H,8,11-12,14-16,18,20H2,1-5H3. The third kappa shape index (κ3) is 4.48. The largest absolute Gasteiger partial charge is 0.411 e. The highest BCUT2D eigenvalue weighted by Crippen LogP contribution is 2.50. The van der Waals surface area contributed by atoms with Gasteiger partial charge in [0, 0.05) is 18.8 Å². The molecular formula is C29H39N5O2Si. The second kappa shape index (κ2) is 8.66. The number of aromatic nitrogens is 5. The van der Waals surface area contributed by atoms with Crippen molar-refractivity contribution < 1.29 is 4.43 Å². The Bertz CT molecular complexity index is 1510. The van der Waals surface area contributed by atoms with Gasteiger partial charge in [0.25, 0.3) is 0 Å². The lowest BCUT2D eigenvalue weighted by atomic mass is 10.2. The lowest BCUT2D eigenvalue weighted by Crippen LogP contribution is -2.44. The molecule has 3 heterocycles. The van der Waals surface area contributed by atoms with Gasteiger partial charge in [-0.3, -0.25) is 14.1 Å². The van der Waals surface area contributed by atoms with Gasteiger partial charge < -0.3 is 8.99 Å². The highest BCUT2D eigenvalue weighted by molar-refractivity contribution is 6.74. The maximum atomic E-state index is 13.5. The fraction of sp³-hybridized carbons (Fsp3) is 0.552. The van der Waals surface area contributed by atoms with Crippen molar-refractivity contribution in [1.82, 2.24) is 23.7 Å². The average molecular weight is 518 g/mol. The summed E-state index contributed by atoms with van der Waals surface area (Å²) in [5.74, 6) is 0.928. The average Bonchev–Trinajstić information content (AvgIpc) is 3.76. The third-order valence-corrected chi connectivity index (χ3v) is 13.4. The van der Waals surface area contributed by atoms with Crippen molar-refractivity contribution in [2.24, 2.45) is 0 Å². The van der Waals surface area contributed by atoms with Crippen molar-refractivity contribution in [3.63, 3.8) is 0 Å². The van der Waals surface area contributed by atoms with E-state index < -0.39 is 8.32 Å². The van der Waals surface area contributed by atoms with E-state index in [1.165, 1.54) is 12.8 Å². The van der Waals surface area contributed by atoms with Gasteiger partial charge >= 0.3 is 5.69 Å². The smallest absolute Gasteiger partial charge is 0.329 e. The van der Waals surface area contributed by atoms with E-state index in [1.54, 1.807) is 6.20 Å². The number of pyridine rings is 1. The molecule has 0 aliphatic heterocycles. The van der Waals surface area contributed by atoms with E-state index in [-0.39, 0.29) is 16.3 Å². The number of imidazole rings is 2. The molecule has 37 heavy (non-hydrogen) atoms. The monoisotopic (exact) mass is 517 g/mol. The summed E-state index contributed by atoms with van der Waals surface area (Å²) in [5, 5.41) is 0.220. The molecule has 3 aromatic heterocycles. The van der Waals surface area contributed by atoms with Crippen molar-refractivity contribution in [2.75, 3.05) is 0 Å². The Kier molecular flexibility index (Phi) is 5.76. The first-order chi connectivity index (χ1) is 17.6. The van der Waals surface area contributed by atoms with Gasteiger partial charge in [0.1, 0.15) is 5.82 Å². The molecular weight excluding hydrogens is 478 g/mol. The first-order valence-corrected chi connectivity index (χ1v) is 16.7. The maximum Gasteiger partial charge on any atom is 0.329 e. The minimum Gasteiger partial charge on any atom is -0.411 e. The lowest BCUT2D eigenvalue weighted by molar-refractivity contribution is 0.144. The van der Waals surface area contributed by atoms with Gasteiger partial charge in [-0.25, -0.2) is 9.78 Å². The molecule has 2 saturated carbocycles. The van der Waals surface area contributed by atoms with Gasteiger partial charge in [-0.15, -0.1) is 0 Å². The second-order valence-corrected chi connectivity index (χ2v) is 17.4. The molecule has 0 N–H and O–H groups in total. The van der Waals surface area contributed by atoms with E-state index in [1.807, 2.05) is 27.5 Å². The molecule has 2 fully saturated rings. The van der Waals surface area contributed by atoms with Gasteiger partial charge in [0.15, 0.2) is 8.32 Å². The van der Waals surface area contributed by atoms with Crippen LogP contribution in [0.4, 0.5) is 0 Å². The Morgan fingerprint density at radius 1 is 1.05 bits per heavy atom. The molecule has 6 rings (SSSR count). The van der Waals surface area contributed by atoms with Crippen LogP contribution in [0.2, 0.25) is 18.1 Å². The highest BCUT2D eigenvalue weighted by atomic mass is 28.4. The quantitative estimate of drug-likeness (QED) is 0.246. The Balaban J connectivity index is 1.28. The molecule has 1 aromatic carbocycles. The lowest BCUT2D eigenvalue weighted by Gasteiger charge is -2.39. The predicted octanol–water partition coefficient (Wildman–Crippen LogP) is 6.27. The van der Waals surface area contributed by atoms with Crippen LogP contribution in [0, 0.1) is 0 Å². The van der Waals surface area contributed by atoms with Gasteiger partial charge in [-0.1, -0.05) is 32.9 Å². The second-order valence-electron chi connectivity index (χ2n) is 12.7. The van der Waals surface area contributed by atoms with Crippen LogP contribution in [0.5, 0.6) is 0 Å². The van der Waals surface area contributed by atoms with Crippen molar-refractivity contribution in [1.29, 1.82) is 0 Å². The zero-order chi connectivity index (χ0) is 26.0. The van der Waals surface area contributed by atoms with E-state index in [0.29, 0.717) is 12.6 Å². The topological polar surface area (TPSA) is 66.9 Å². The fourth-order valence-electron chi connectivity index (χ4n) is 5.40. The van der Waals surface area contributed by atoms with E-state index in [2.05, 4.69) is 61.6 Å². The number of fused-ring (bicyclic) bond motifs is 2. The zero-order valence-corrected chi connectivity index (χ0v) is 23.8. The minimum absolute atomic E-state index is 0.0452. The number of para-hydroxylation sites is 2. The molecule has 2 aliphatic carbocycles. The van der Waals surface area contributed by atoms with Crippen molar-refractivity contribution in [3.8, 4) is 0 Å². The Morgan fingerprint density at radius 2 is 1.81 bits per heavy atom. The molecule has 2 aliphatic rings. The van der Waals surface area contributed by atoms with Crippen molar-refractivity contribution >= 4 is 30.4 Å². The summed E-state index contributed by atoms with van der Waals surface area (Å²) in [7, 11) is -1.80. The molecule has 0 amide bonds. The summed E-state index contributed by atoms with van der Waals surface area (Å²) < 4.78 is 13.0. The highest BCUT2D eigenvalue weighted by Gasteiger charge is 2.50. The van der Waals surface area contributed by atoms with Crippen LogP contribution in [0.3, 0.4) is 0 Å². The van der Waals surface area contributed by atoms with Crippen LogP contribution < -0.4 is 5.69 Å². The normalized spacial score (nSPS) is 17.6. The van der Waals surface area contributed by atoms with Crippen LogP contribution in [0.25, 0.3) is 22.1 Å². The first kappa shape index (κ1) is 24.6. The summed E-state index contributed by atoms with van der Waals surface area (Å²) in [5.41, 5.74) is 4.07. The first-order valence-electron chi connectivity index (χ1n) is 13.8. The van der Waals surface area contributed by atoms with Crippen LogP contribution in [-0.4, -0.2) is 37.6 Å². The number of hydrogen-bond acceptors (Lipinski definition) is 4. The van der Waals surface area contributed by atoms with Crippen LogP contribution in [0.1, 0.15) is 71.2 Å². The van der Waals surface area contributed by atoms with Gasteiger partial charge in [-0.05, 0) is 74.9 Å². The summed E-state index contributed by atoms with van der Waals surface area (Å²) in [6.07, 6.45) is 10.2. The third-order valence-electron chi connectivity index (χ3n) is 8.81. The number of hydrogen-bond donors (Lipinski definition) is 0. The van der Waals surface area contributed by atoms with Crippen LogP contribution in [0.15, 0.2) is 47.5 Å². The number of benzene rings is 1. The molecule has 4 aromatic rings. The molecule has 0 atom stereocenters. The van der Waals surface area contributed by atoms with Crippen LogP contribution in [-0.2, 0) is 17.5 Å². The number of rotatable bonds is 9. The molecule has 0 bridgehead atoms. The van der Waals surface area contributed by atoms with Gasteiger partial charge in [0.2, 0.25) is 0 Å². The maximum absolute atomic E-state index is 13.5. The molecule has 196 valence electrons. The van der Waals surface area contributed by atoms with Gasteiger partial charge in [-0.2, -0.15) is 0 Å². The molecule has 0 unspecified atom stereocenters. The molecule has 0 saturated heterocycles. The predicted molar refractivity (Wildman–Crippen MR) is 151 cm³/mol. The van der Waals surface area contributed by atoms with Crippen molar-refractivity contribution in [3.05, 3.63) is 59.0 Å². The Labute approximate surface area is 219 Å². The van der Waals surface area contributed by atoms with Crippen molar-refractivity contribution in [2.45, 2.75) is 102 Å². The summed E-state index contributed by atoms with van der Waals surface area (Å²) in [6.45, 7) is 13.0. The Morgan fingerprint density at radius 3 is 2.51 bits per heavy atom. The minimum atomic E-state index is -1.80.